The summed E-state index contributed by atoms with van der Waals surface area (Å²) >= 11 is 0. The average molecular weight is 727 g/mol. The maximum atomic E-state index is 15.1. The SMILES string of the molecule is CCN(CC)C(=O)CCc1ccc(OC)c(Oc2nc(Nc3ccc(OCCCN4CCCCC4)c(F)c3)ncc2C(=O)Nc2c(C)cccc2C)c1. The molecule has 3 aromatic carbocycles. The summed E-state index contributed by atoms with van der Waals surface area (Å²) in [6.45, 7) is 12.6. The second-order valence-corrected chi connectivity index (χ2v) is 13.2. The number of hydrogen-bond donors (Lipinski definition) is 2. The molecule has 2 N–H and O–H groups in total. The van der Waals surface area contributed by atoms with E-state index < -0.39 is 11.7 Å². The highest BCUT2D eigenvalue weighted by Gasteiger charge is 2.21. The molecule has 1 aromatic heterocycles. The minimum Gasteiger partial charge on any atom is -0.493 e. The van der Waals surface area contributed by atoms with Crippen molar-refractivity contribution in [2.75, 3.05) is 57.1 Å². The zero-order valence-corrected chi connectivity index (χ0v) is 31.5. The molecule has 1 fully saturated rings. The Kier molecular flexibility index (Phi) is 14.0. The molecule has 2 heterocycles. The highest BCUT2D eigenvalue weighted by Crippen LogP contribution is 2.35. The Hall–Kier alpha value is -5.23. The van der Waals surface area contributed by atoms with Crippen LogP contribution in [0.3, 0.4) is 0 Å². The summed E-state index contributed by atoms with van der Waals surface area (Å²) in [6.07, 6.45) is 6.74. The van der Waals surface area contributed by atoms with E-state index in [1.807, 2.05) is 52.0 Å². The van der Waals surface area contributed by atoms with E-state index in [-0.39, 0.29) is 29.0 Å². The van der Waals surface area contributed by atoms with Gasteiger partial charge in [-0.25, -0.2) is 9.37 Å². The largest absolute Gasteiger partial charge is 0.493 e. The topological polar surface area (TPSA) is 118 Å². The number of rotatable bonds is 17. The van der Waals surface area contributed by atoms with Crippen molar-refractivity contribution in [2.24, 2.45) is 0 Å². The summed E-state index contributed by atoms with van der Waals surface area (Å²) in [5.74, 6) is -0.0110. The molecule has 4 aromatic rings. The van der Waals surface area contributed by atoms with Crippen molar-refractivity contribution in [3.05, 3.63) is 88.9 Å². The Labute approximate surface area is 311 Å². The van der Waals surface area contributed by atoms with Crippen LogP contribution in [-0.4, -0.2) is 78.0 Å². The number of piperidine rings is 1. The molecule has 1 saturated heterocycles. The van der Waals surface area contributed by atoms with Gasteiger partial charge in [-0.05, 0) is 107 Å². The van der Waals surface area contributed by atoms with E-state index in [0.717, 1.165) is 42.7 Å². The minimum atomic E-state index is -0.518. The van der Waals surface area contributed by atoms with E-state index >= 15 is 4.39 Å². The Morgan fingerprint density at radius 3 is 2.38 bits per heavy atom. The van der Waals surface area contributed by atoms with Crippen molar-refractivity contribution in [3.63, 3.8) is 0 Å². The molecule has 1 aliphatic rings. The molecule has 0 aliphatic carbocycles. The zero-order valence-electron chi connectivity index (χ0n) is 31.5. The first-order valence-corrected chi connectivity index (χ1v) is 18.5. The van der Waals surface area contributed by atoms with E-state index in [1.54, 1.807) is 29.2 Å². The van der Waals surface area contributed by atoms with Gasteiger partial charge in [0.05, 0.1) is 13.7 Å². The number of carbonyl (C=O) groups is 2. The van der Waals surface area contributed by atoms with Crippen molar-refractivity contribution < 1.29 is 28.2 Å². The maximum absolute atomic E-state index is 15.1. The van der Waals surface area contributed by atoms with E-state index in [4.69, 9.17) is 14.2 Å². The van der Waals surface area contributed by atoms with Crippen molar-refractivity contribution in [3.8, 4) is 23.1 Å². The predicted octanol–water partition coefficient (Wildman–Crippen LogP) is 8.09. The standard InChI is InChI=1S/C41H51FN6O5/c1-6-48(7-2)37(49)20-16-30-15-18-35(51-5)36(25-30)53-40-32(39(50)45-38-28(3)13-11-14-29(38)4)27-43-41(46-40)44-31-17-19-34(33(42)26-31)52-24-12-23-47-21-9-8-10-22-47/h11,13-15,17-19,25-27H,6-10,12,16,20-24H2,1-5H3,(H,45,50)(H,43,44,46). The smallest absolute Gasteiger partial charge is 0.262 e. The molecule has 5 rings (SSSR count). The number of nitrogens with one attached hydrogen (secondary N) is 2. The lowest BCUT2D eigenvalue weighted by Crippen LogP contribution is -2.31. The number of likely N-dealkylation sites (tertiary alicyclic amines) is 1. The summed E-state index contributed by atoms with van der Waals surface area (Å²) in [7, 11) is 1.52. The number of aryl methyl sites for hydroxylation is 3. The maximum Gasteiger partial charge on any atom is 0.262 e. The molecule has 0 atom stereocenters. The van der Waals surface area contributed by atoms with Gasteiger partial charge < -0.3 is 34.6 Å². The molecule has 2 amide bonds. The first-order valence-electron chi connectivity index (χ1n) is 18.5. The van der Waals surface area contributed by atoms with Crippen LogP contribution in [0.1, 0.15) is 73.0 Å². The number of hydrogen-bond acceptors (Lipinski definition) is 9. The predicted molar refractivity (Wildman–Crippen MR) is 205 cm³/mol. The Balaban J connectivity index is 1.36. The fraction of sp³-hybridized carbons (Fsp3) is 0.415. The third-order valence-corrected chi connectivity index (χ3v) is 9.41. The van der Waals surface area contributed by atoms with E-state index in [9.17, 15) is 9.59 Å². The van der Waals surface area contributed by atoms with Gasteiger partial charge in [0, 0.05) is 49.7 Å². The molecule has 0 unspecified atom stereocenters. The summed E-state index contributed by atoms with van der Waals surface area (Å²) in [6, 6.07) is 15.7. The van der Waals surface area contributed by atoms with E-state index in [0.29, 0.717) is 55.4 Å². The van der Waals surface area contributed by atoms with Gasteiger partial charge in [-0.2, -0.15) is 4.98 Å². The van der Waals surface area contributed by atoms with Crippen molar-refractivity contribution >= 4 is 29.1 Å². The van der Waals surface area contributed by atoms with Gasteiger partial charge >= 0.3 is 0 Å². The van der Waals surface area contributed by atoms with Gasteiger partial charge in [-0.3, -0.25) is 9.59 Å². The highest BCUT2D eigenvalue weighted by molar-refractivity contribution is 6.06. The molecule has 11 nitrogen and oxygen atoms in total. The molecular weight excluding hydrogens is 675 g/mol. The van der Waals surface area contributed by atoms with Gasteiger partial charge in [-0.1, -0.05) is 30.7 Å². The first-order chi connectivity index (χ1) is 25.7. The minimum absolute atomic E-state index is 0.0463. The van der Waals surface area contributed by atoms with Crippen LogP contribution in [0.2, 0.25) is 0 Å². The number of para-hydroxylation sites is 1. The van der Waals surface area contributed by atoms with Gasteiger partial charge in [0.2, 0.25) is 17.7 Å². The molecule has 0 bridgehead atoms. The lowest BCUT2D eigenvalue weighted by Gasteiger charge is -2.26. The third kappa shape index (κ3) is 10.7. The lowest BCUT2D eigenvalue weighted by molar-refractivity contribution is -0.130. The van der Waals surface area contributed by atoms with Crippen LogP contribution in [0.5, 0.6) is 23.1 Å². The van der Waals surface area contributed by atoms with Crippen LogP contribution < -0.4 is 24.8 Å². The van der Waals surface area contributed by atoms with Crippen LogP contribution in [0.25, 0.3) is 0 Å². The second kappa shape index (κ2) is 19.0. The molecule has 282 valence electrons. The van der Waals surface area contributed by atoms with Crippen LogP contribution in [0, 0.1) is 19.7 Å². The summed E-state index contributed by atoms with van der Waals surface area (Å²) in [4.78, 5) is 39.7. The van der Waals surface area contributed by atoms with Crippen LogP contribution in [0.4, 0.5) is 21.7 Å². The summed E-state index contributed by atoms with van der Waals surface area (Å²) < 4.78 is 32.8. The fourth-order valence-corrected chi connectivity index (χ4v) is 6.38. The molecular formula is C41H51FN6O5. The number of halogens is 1. The second-order valence-electron chi connectivity index (χ2n) is 13.2. The Morgan fingerprint density at radius 1 is 0.943 bits per heavy atom. The normalized spacial score (nSPS) is 12.9. The van der Waals surface area contributed by atoms with Gasteiger partial charge in [0.15, 0.2) is 23.1 Å². The number of nitrogens with zero attached hydrogens (tertiary/aromatic N) is 4. The number of carbonyl (C=O) groups excluding carboxylic acids is 2. The van der Waals surface area contributed by atoms with Gasteiger partial charge in [0.25, 0.3) is 5.91 Å². The quantitative estimate of drug-likeness (QED) is 0.104. The Morgan fingerprint density at radius 2 is 1.68 bits per heavy atom. The number of methoxy groups -OCH3 is 1. The number of ether oxygens (including phenoxy) is 3. The lowest BCUT2D eigenvalue weighted by atomic mass is 10.1. The van der Waals surface area contributed by atoms with Crippen LogP contribution in [-0.2, 0) is 11.2 Å². The number of benzene rings is 3. The average Bonchev–Trinajstić information content (AvgIpc) is 3.16. The number of anilines is 3. The highest BCUT2D eigenvalue weighted by atomic mass is 19.1. The zero-order chi connectivity index (χ0) is 37.7. The molecule has 0 saturated carbocycles. The molecule has 12 heteroatoms. The summed E-state index contributed by atoms with van der Waals surface area (Å²) in [5.41, 5.74) is 3.77. The Bertz CT molecular complexity index is 1840. The summed E-state index contributed by atoms with van der Waals surface area (Å²) in [5, 5.41) is 6.01. The fourth-order valence-electron chi connectivity index (χ4n) is 6.38. The monoisotopic (exact) mass is 726 g/mol. The van der Waals surface area contributed by atoms with E-state index in [1.165, 1.54) is 38.6 Å². The molecule has 0 spiro atoms. The van der Waals surface area contributed by atoms with Crippen molar-refractivity contribution in [1.29, 1.82) is 0 Å². The van der Waals surface area contributed by atoms with Gasteiger partial charge in [0.1, 0.15) is 5.56 Å². The number of amides is 2. The van der Waals surface area contributed by atoms with Crippen LogP contribution >= 0.6 is 0 Å². The van der Waals surface area contributed by atoms with Crippen LogP contribution in [0.15, 0.2) is 60.8 Å². The van der Waals surface area contributed by atoms with E-state index in [2.05, 4.69) is 25.5 Å². The van der Waals surface area contributed by atoms with Crippen molar-refractivity contribution in [1.82, 2.24) is 19.8 Å². The molecule has 53 heavy (non-hydrogen) atoms. The number of aromatic nitrogens is 2. The third-order valence-electron chi connectivity index (χ3n) is 9.41. The van der Waals surface area contributed by atoms with Crippen molar-refractivity contribution in [2.45, 2.75) is 66.2 Å². The molecule has 0 radical (unpaired) electrons. The molecule has 1 aliphatic heterocycles. The first kappa shape index (κ1) is 39.0. The van der Waals surface area contributed by atoms with Gasteiger partial charge in [-0.15, -0.1) is 0 Å².